The maximum atomic E-state index is 12.7. The average Bonchev–Trinajstić information content (AvgIpc) is 3.29. The Kier molecular flexibility index (Phi) is 15.4. The van der Waals surface area contributed by atoms with Crippen molar-refractivity contribution in [2.75, 3.05) is 53.4 Å². The molecule has 23 nitrogen and oxygen atoms in total. The molecule has 276 valence electrons. The van der Waals surface area contributed by atoms with Gasteiger partial charge in [0.05, 0.1) is 46.2 Å². The molecular formula is C23H39N3O20P2. The highest BCUT2D eigenvalue weighted by atomic mass is 31.3. The summed E-state index contributed by atoms with van der Waals surface area (Å²) in [6.45, 7) is -1.06. The Bertz CT molecular complexity index is 1390. The van der Waals surface area contributed by atoms with Crippen molar-refractivity contribution < 1.29 is 86.3 Å². The molecule has 0 spiro atoms. The molecule has 25 heteroatoms. The molecule has 48 heavy (non-hydrogen) atoms. The van der Waals surface area contributed by atoms with Crippen LogP contribution in [-0.2, 0) is 51.0 Å². The number of amides is 1. The van der Waals surface area contributed by atoms with Gasteiger partial charge in [-0.05, 0) is 0 Å². The summed E-state index contributed by atoms with van der Waals surface area (Å²) in [6.07, 6.45) is -13.7. The molecule has 3 heterocycles. The average molecular weight is 740 g/mol. The molecular weight excluding hydrogens is 700 g/mol. The van der Waals surface area contributed by atoms with Crippen molar-refractivity contribution in [3.05, 3.63) is 33.1 Å². The van der Waals surface area contributed by atoms with Crippen LogP contribution >= 0.6 is 15.6 Å². The number of rotatable bonds is 19. The van der Waals surface area contributed by atoms with E-state index in [0.29, 0.717) is 13.2 Å². The van der Waals surface area contributed by atoms with Gasteiger partial charge in [-0.1, -0.05) is 0 Å². The van der Waals surface area contributed by atoms with Crippen molar-refractivity contribution >= 4 is 21.6 Å². The molecule has 0 aromatic carbocycles. The number of aromatic amines is 1. The summed E-state index contributed by atoms with van der Waals surface area (Å²) in [5.41, 5.74) is -1.77. The molecule has 0 saturated carbocycles. The largest absolute Gasteiger partial charge is 0.483 e. The van der Waals surface area contributed by atoms with Gasteiger partial charge in [-0.2, -0.15) is 4.31 Å². The summed E-state index contributed by atoms with van der Waals surface area (Å²) in [5.74, 6) is -0.809. The minimum Gasteiger partial charge on any atom is -0.394 e. The topological polar surface area (TPSA) is 334 Å². The summed E-state index contributed by atoms with van der Waals surface area (Å²) in [6, 6.07) is -0.859. The van der Waals surface area contributed by atoms with Gasteiger partial charge in [0, 0.05) is 25.8 Å². The van der Waals surface area contributed by atoms with Crippen LogP contribution in [0.2, 0.25) is 0 Å². The predicted octanol–water partition coefficient (Wildman–Crippen LogP) is -4.60. The lowest BCUT2D eigenvalue weighted by Crippen LogP contribution is -2.64. The molecule has 9 N–H and O–H groups in total. The second-order valence-electron chi connectivity index (χ2n) is 10.3. The number of nitrogens with one attached hydrogen (secondary N) is 2. The number of hydrogen-bond acceptors (Lipinski definition) is 18. The van der Waals surface area contributed by atoms with Crippen LogP contribution in [0.5, 0.6) is 0 Å². The third-order valence-corrected chi connectivity index (χ3v) is 9.39. The van der Waals surface area contributed by atoms with E-state index >= 15 is 0 Å². The smallest absolute Gasteiger partial charge is 0.394 e. The van der Waals surface area contributed by atoms with Crippen LogP contribution in [0.15, 0.2) is 21.9 Å². The van der Waals surface area contributed by atoms with E-state index in [2.05, 4.69) is 14.2 Å². The van der Waals surface area contributed by atoms with Gasteiger partial charge in [0.2, 0.25) is 5.91 Å². The fourth-order valence-corrected chi connectivity index (χ4v) is 6.57. The van der Waals surface area contributed by atoms with Crippen LogP contribution in [0.3, 0.4) is 0 Å². The quantitative estimate of drug-likeness (QED) is 0.0476. The van der Waals surface area contributed by atoms with Crippen molar-refractivity contribution in [1.82, 2.24) is 14.9 Å². The van der Waals surface area contributed by atoms with Gasteiger partial charge in [0.1, 0.15) is 42.7 Å². The lowest BCUT2D eigenvalue weighted by molar-refractivity contribution is -0.248. The van der Waals surface area contributed by atoms with Crippen LogP contribution in [0.1, 0.15) is 12.6 Å². The normalized spacial score (nSPS) is 31.6. The van der Waals surface area contributed by atoms with Gasteiger partial charge in [0.25, 0.3) is 5.56 Å². The lowest BCUT2D eigenvalue weighted by atomic mass is 9.97. The molecule has 8 unspecified atom stereocenters. The van der Waals surface area contributed by atoms with Crippen molar-refractivity contribution in [2.45, 2.75) is 61.6 Å². The molecule has 0 aliphatic carbocycles. The number of aromatic nitrogens is 2. The number of aliphatic hydroxyl groups is 5. The monoisotopic (exact) mass is 739 g/mol. The van der Waals surface area contributed by atoms with Crippen LogP contribution in [0.4, 0.5) is 0 Å². The summed E-state index contributed by atoms with van der Waals surface area (Å²) in [5, 5.41) is 53.1. The fourth-order valence-electron chi connectivity index (χ4n) is 4.41. The highest BCUT2D eigenvalue weighted by Crippen LogP contribution is 2.61. The molecule has 1 aromatic rings. The molecule has 2 saturated heterocycles. The Hall–Kier alpha value is -1.99. The van der Waals surface area contributed by atoms with Gasteiger partial charge in [-0.15, -0.1) is 0 Å². The second-order valence-corrected chi connectivity index (χ2v) is 13.2. The Morgan fingerprint density at radius 2 is 1.58 bits per heavy atom. The first-order valence-electron chi connectivity index (χ1n) is 14.2. The van der Waals surface area contributed by atoms with E-state index in [1.807, 2.05) is 4.98 Å². The number of ether oxygens (including phenoxy) is 5. The number of phosphoric ester groups is 2. The van der Waals surface area contributed by atoms with E-state index in [4.69, 9.17) is 28.2 Å². The van der Waals surface area contributed by atoms with E-state index in [1.165, 1.54) is 7.11 Å². The maximum absolute atomic E-state index is 12.7. The number of hydrogen-bond donors (Lipinski definition) is 9. The van der Waals surface area contributed by atoms with E-state index < -0.39 is 101 Å². The van der Waals surface area contributed by atoms with E-state index in [1.54, 1.807) is 0 Å². The lowest BCUT2D eigenvalue weighted by Gasteiger charge is -2.42. The summed E-state index contributed by atoms with van der Waals surface area (Å²) in [4.78, 5) is 58.1. The van der Waals surface area contributed by atoms with Gasteiger partial charge in [0.15, 0.2) is 12.5 Å². The Morgan fingerprint density at radius 1 is 0.938 bits per heavy atom. The van der Waals surface area contributed by atoms with E-state index in [0.717, 1.165) is 16.8 Å². The molecule has 0 bridgehead atoms. The van der Waals surface area contributed by atoms with Gasteiger partial charge in [-0.3, -0.25) is 28.2 Å². The number of carbonyl (C=O) groups excluding carboxylic acids is 1. The molecule has 0 radical (unpaired) electrons. The van der Waals surface area contributed by atoms with Crippen molar-refractivity contribution in [1.29, 1.82) is 0 Å². The standard InChI is InChI=1S/C23H39N3O20P2/c1-39-6-7-41-9-8-40-5-3-15(29)24-16-19(32)17(30)12(10-27)44-22(16)45-48(37,38)46-47(35,36)42-11-13-18(31)20(33)21(43-13)26-4-2-14(28)25-23(26)34/h2,4,12-13,16-22,27,30-33H,3,5-11H2,1H3,(H,24,29)(H,35,36)(H,37,38)(H,25,28,34)/t12?,13?,16-,17-,18?,19?,20?,21?,22+/m0/s1. The van der Waals surface area contributed by atoms with E-state index in [9.17, 15) is 58.8 Å². The Balaban J connectivity index is 1.58. The molecule has 2 fully saturated rings. The molecule has 2 aliphatic rings. The molecule has 1 amide bonds. The first-order valence-corrected chi connectivity index (χ1v) is 17.2. The number of phosphoric acid groups is 2. The number of H-pyrrole nitrogens is 1. The van der Waals surface area contributed by atoms with Crippen LogP contribution < -0.4 is 16.6 Å². The van der Waals surface area contributed by atoms with Crippen molar-refractivity contribution in [3.63, 3.8) is 0 Å². The first kappa shape index (κ1) is 40.4. The zero-order chi connectivity index (χ0) is 35.6. The minimum absolute atomic E-state index is 0.123. The van der Waals surface area contributed by atoms with Crippen molar-refractivity contribution in [2.24, 2.45) is 0 Å². The summed E-state index contributed by atoms with van der Waals surface area (Å²) < 4.78 is 65.4. The highest BCUT2D eigenvalue weighted by molar-refractivity contribution is 7.61. The molecule has 11 atom stereocenters. The molecule has 2 aliphatic heterocycles. The van der Waals surface area contributed by atoms with Gasteiger partial charge >= 0.3 is 21.3 Å². The molecule has 1 aromatic heterocycles. The van der Waals surface area contributed by atoms with Gasteiger partial charge < -0.3 is 64.3 Å². The number of aliphatic hydroxyl groups excluding tert-OH is 5. The van der Waals surface area contributed by atoms with Crippen LogP contribution in [-0.4, -0.2) is 153 Å². The van der Waals surface area contributed by atoms with E-state index in [-0.39, 0.29) is 26.2 Å². The maximum Gasteiger partial charge on any atom is 0.483 e. The number of nitrogens with zero attached hydrogens (tertiary/aromatic N) is 1. The van der Waals surface area contributed by atoms with Crippen molar-refractivity contribution in [3.8, 4) is 0 Å². The zero-order valence-electron chi connectivity index (χ0n) is 25.3. The first-order chi connectivity index (χ1) is 22.6. The third kappa shape index (κ3) is 11.5. The minimum atomic E-state index is -5.72. The van der Waals surface area contributed by atoms with Crippen LogP contribution in [0.25, 0.3) is 0 Å². The molecule has 3 rings (SSSR count). The van der Waals surface area contributed by atoms with Gasteiger partial charge in [-0.25, -0.2) is 13.9 Å². The second kappa shape index (κ2) is 18.3. The predicted molar refractivity (Wildman–Crippen MR) is 153 cm³/mol. The third-order valence-electron chi connectivity index (χ3n) is 6.79. The highest BCUT2D eigenvalue weighted by Gasteiger charge is 2.50. The SMILES string of the molecule is COCCOCCOCCC(=O)N[C@H]1C(O)[C@@H](O)C(CO)O[C@@H]1OP(=O)(O)OP(=O)(O)OCC1OC(n2ccc(=O)[nH]c2=O)C(O)C1O. The Labute approximate surface area is 271 Å². The van der Waals surface area contributed by atoms with Crippen LogP contribution in [0, 0.1) is 0 Å². The summed E-state index contributed by atoms with van der Waals surface area (Å²) >= 11 is 0. The fraction of sp³-hybridized carbons (Fsp3) is 0.783. The number of methoxy groups -OCH3 is 1. The Morgan fingerprint density at radius 3 is 2.23 bits per heavy atom. The number of carbonyl (C=O) groups is 1. The zero-order valence-corrected chi connectivity index (χ0v) is 27.1. The summed E-state index contributed by atoms with van der Waals surface area (Å²) in [7, 11) is -9.79.